The summed E-state index contributed by atoms with van der Waals surface area (Å²) in [6.45, 7) is 2.09. The van der Waals surface area contributed by atoms with Crippen LogP contribution < -0.4 is 4.72 Å². The summed E-state index contributed by atoms with van der Waals surface area (Å²) in [5.41, 5.74) is 2.55. The molecule has 0 aliphatic carbocycles. The number of rotatable bonds is 6. The smallest absolute Gasteiger partial charge is 0.240 e. The minimum Gasteiger partial charge on any atom is -0.396 e. The highest BCUT2D eigenvalue weighted by atomic mass is 32.2. The van der Waals surface area contributed by atoms with Crippen molar-refractivity contribution in [1.82, 2.24) is 9.71 Å². The van der Waals surface area contributed by atoms with Crippen molar-refractivity contribution in [2.45, 2.75) is 24.8 Å². The molecule has 2 N–H and O–H groups in total. The zero-order valence-corrected chi connectivity index (χ0v) is 12.6. The van der Waals surface area contributed by atoms with Gasteiger partial charge in [0.1, 0.15) is 0 Å². The number of pyridine rings is 1. The molecule has 0 atom stereocenters. The van der Waals surface area contributed by atoms with E-state index in [9.17, 15) is 8.42 Å². The predicted octanol–water partition coefficient (Wildman–Crippen LogP) is 1.40. The first-order valence-corrected chi connectivity index (χ1v) is 8.11. The molecule has 5 nitrogen and oxygen atoms in total. The molecule has 1 aromatic heterocycles. The predicted molar refractivity (Wildman–Crippen MR) is 80.2 cm³/mol. The second-order valence-corrected chi connectivity index (χ2v) is 6.48. The number of aromatic nitrogens is 1. The van der Waals surface area contributed by atoms with E-state index >= 15 is 0 Å². The fourth-order valence-electron chi connectivity index (χ4n) is 1.91. The van der Waals surface area contributed by atoms with Crippen molar-refractivity contribution in [3.05, 3.63) is 59.4 Å². The van der Waals surface area contributed by atoms with Crippen LogP contribution in [0.4, 0.5) is 0 Å². The van der Waals surface area contributed by atoms with E-state index in [2.05, 4.69) is 9.71 Å². The van der Waals surface area contributed by atoms with Gasteiger partial charge >= 0.3 is 0 Å². The van der Waals surface area contributed by atoms with Gasteiger partial charge in [0.15, 0.2) is 0 Å². The van der Waals surface area contributed by atoms with Crippen molar-refractivity contribution in [3.8, 4) is 0 Å². The lowest BCUT2D eigenvalue weighted by Crippen LogP contribution is -2.24. The van der Waals surface area contributed by atoms with Crippen molar-refractivity contribution in [3.63, 3.8) is 0 Å². The van der Waals surface area contributed by atoms with Gasteiger partial charge in [0.25, 0.3) is 0 Å². The van der Waals surface area contributed by atoms with E-state index in [1.807, 2.05) is 19.1 Å². The summed E-state index contributed by atoms with van der Waals surface area (Å²) < 4.78 is 26.9. The first kappa shape index (κ1) is 15.6. The quantitative estimate of drug-likeness (QED) is 0.845. The monoisotopic (exact) mass is 306 g/mol. The molecule has 2 rings (SSSR count). The number of hydrogen-bond donors (Lipinski definition) is 2. The van der Waals surface area contributed by atoms with Crippen molar-refractivity contribution >= 4 is 10.0 Å². The summed E-state index contributed by atoms with van der Waals surface area (Å²) in [5, 5.41) is 8.85. The summed E-state index contributed by atoms with van der Waals surface area (Å²) in [5.74, 6) is 0. The molecule has 0 aliphatic rings. The third-order valence-electron chi connectivity index (χ3n) is 3.18. The summed E-state index contributed by atoms with van der Waals surface area (Å²) in [6, 6.07) is 10.2. The van der Waals surface area contributed by atoms with E-state index in [0.717, 1.165) is 11.1 Å². The lowest BCUT2D eigenvalue weighted by atomic mass is 10.2. The molecule has 0 amide bonds. The topological polar surface area (TPSA) is 79.3 Å². The Labute approximate surface area is 124 Å². The lowest BCUT2D eigenvalue weighted by Gasteiger charge is -2.08. The van der Waals surface area contributed by atoms with Gasteiger partial charge in [-0.15, -0.1) is 0 Å². The van der Waals surface area contributed by atoms with Crippen LogP contribution in [0.15, 0.2) is 47.5 Å². The summed E-state index contributed by atoms with van der Waals surface area (Å²) >= 11 is 0. The molecule has 21 heavy (non-hydrogen) atoms. The number of hydrogen-bond acceptors (Lipinski definition) is 4. The Kier molecular flexibility index (Phi) is 5.06. The maximum absolute atomic E-state index is 12.2. The number of nitrogens with one attached hydrogen (secondary N) is 1. The fraction of sp³-hybridized carbons (Fsp3) is 0.267. The average molecular weight is 306 g/mol. The Morgan fingerprint density at radius 2 is 1.90 bits per heavy atom. The highest BCUT2D eigenvalue weighted by molar-refractivity contribution is 7.89. The second kappa shape index (κ2) is 6.80. The Morgan fingerprint density at radius 3 is 2.52 bits per heavy atom. The minimum absolute atomic E-state index is 0.0449. The number of benzene rings is 1. The van der Waals surface area contributed by atoms with Crippen molar-refractivity contribution in [2.24, 2.45) is 0 Å². The van der Waals surface area contributed by atoms with Gasteiger partial charge in [-0.05, 0) is 42.7 Å². The van der Waals surface area contributed by atoms with E-state index in [0.29, 0.717) is 12.1 Å². The Morgan fingerprint density at radius 1 is 1.19 bits per heavy atom. The Bertz CT molecular complexity index is 697. The van der Waals surface area contributed by atoms with E-state index in [1.165, 1.54) is 0 Å². The maximum atomic E-state index is 12.2. The fourth-order valence-corrected chi connectivity index (χ4v) is 2.90. The molecule has 0 spiro atoms. The van der Waals surface area contributed by atoms with E-state index in [-0.39, 0.29) is 18.0 Å². The number of nitrogens with zero attached hydrogens (tertiary/aromatic N) is 1. The third-order valence-corrected chi connectivity index (χ3v) is 4.60. The van der Waals surface area contributed by atoms with E-state index in [1.54, 1.807) is 30.5 Å². The van der Waals surface area contributed by atoms with Gasteiger partial charge in [-0.1, -0.05) is 18.2 Å². The maximum Gasteiger partial charge on any atom is 0.240 e. The van der Waals surface area contributed by atoms with Crippen LogP contribution in [0.3, 0.4) is 0 Å². The second-order valence-electron chi connectivity index (χ2n) is 4.71. The third kappa shape index (κ3) is 4.10. The van der Waals surface area contributed by atoms with Gasteiger partial charge in [0.2, 0.25) is 10.0 Å². The highest BCUT2D eigenvalue weighted by Crippen LogP contribution is 2.12. The molecule has 0 saturated carbocycles. The first-order valence-electron chi connectivity index (χ1n) is 6.63. The van der Waals surface area contributed by atoms with Crippen LogP contribution in [0.1, 0.15) is 16.8 Å². The Hall–Kier alpha value is -1.76. The molecule has 112 valence electrons. The standard InChI is InChI=1S/C15H18N2O3S/c1-12-3-2-9-16-15(12)11-17-21(19,20)14-6-4-13(5-7-14)8-10-18/h2-7,9,17-18H,8,10-11H2,1H3. The molecule has 0 aliphatic heterocycles. The molecule has 0 unspecified atom stereocenters. The van der Waals surface area contributed by atoms with E-state index < -0.39 is 10.0 Å². The first-order chi connectivity index (χ1) is 10.0. The van der Waals surface area contributed by atoms with Gasteiger partial charge < -0.3 is 5.11 Å². The molecule has 2 aromatic rings. The lowest BCUT2D eigenvalue weighted by molar-refractivity contribution is 0.299. The molecule has 0 saturated heterocycles. The van der Waals surface area contributed by atoms with Crippen LogP contribution in [0.2, 0.25) is 0 Å². The SMILES string of the molecule is Cc1cccnc1CNS(=O)(=O)c1ccc(CCO)cc1. The normalized spacial score (nSPS) is 11.5. The summed E-state index contributed by atoms with van der Waals surface area (Å²) in [6.07, 6.45) is 2.15. The molecular weight excluding hydrogens is 288 g/mol. The van der Waals surface area contributed by atoms with Gasteiger partial charge in [-0.2, -0.15) is 0 Å². The number of aliphatic hydroxyl groups is 1. The molecule has 1 heterocycles. The van der Waals surface area contributed by atoms with Crippen LogP contribution in [0, 0.1) is 6.92 Å². The van der Waals surface area contributed by atoms with Gasteiger partial charge in [0.05, 0.1) is 17.1 Å². The largest absolute Gasteiger partial charge is 0.396 e. The molecule has 6 heteroatoms. The Balaban J connectivity index is 2.09. The number of sulfonamides is 1. The van der Waals surface area contributed by atoms with Crippen molar-refractivity contribution < 1.29 is 13.5 Å². The van der Waals surface area contributed by atoms with Gasteiger partial charge in [-0.25, -0.2) is 13.1 Å². The number of aliphatic hydroxyl groups excluding tert-OH is 1. The number of aryl methyl sites for hydroxylation is 1. The van der Waals surface area contributed by atoms with Crippen LogP contribution in [-0.2, 0) is 23.0 Å². The zero-order chi connectivity index (χ0) is 15.3. The molecule has 1 aromatic carbocycles. The average Bonchev–Trinajstić information content (AvgIpc) is 2.47. The van der Waals surface area contributed by atoms with Crippen molar-refractivity contribution in [2.75, 3.05) is 6.61 Å². The summed E-state index contributed by atoms with van der Waals surface area (Å²) in [7, 11) is -3.56. The minimum atomic E-state index is -3.56. The van der Waals surface area contributed by atoms with Gasteiger partial charge in [0, 0.05) is 12.8 Å². The zero-order valence-electron chi connectivity index (χ0n) is 11.8. The molecular formula is C15H18N2O3S. The summed E-state index contributed by atoms with van der Waals surface area (Å²) in [4.78, 5) is 4.37. The van der Waals surface area contributed by atoms with Crippen LogP contribution in [0.5, 0.6) is 0 Å². The van der Waals surface area contributed by atoms with Crippen molar-refractivity contribution in [1.29, 1.82) is 0 Å². The highest BCUT2D eigenvalue weighted by Gasteiger charge is 2.14. The van der Waals surface area contributed by atoms with Crippen LogP contribution >= 0.6 is 0 Å². The van der Waals surface area contributed by atoms with Crippen LogP contribution in [-0.4, -0.2) is 25.1 Å². The molecule has 0 bridgehead atoms. The van der Waals surface area contributed by atoms with E-state index in [4.69, 9.17) is 5.11 Å². The molecule has 0 radical (unpaired) electrons. The molecule has 0 fully saturated rings. The van der Waals surface area contributed by atoms with Gasteiger partial charge in [-0.3, -0.25) is 4.98 Å². The van der Waals surface area contributed by atoms with Crippen LogP contribution in [0.25, 0.3) is 0 Å².